The van der Waals surface area contributed by atoms with Crippen LogP contribution in [-0.2, 0) is 6.42 Å². The van der Waals surface area contributed by atoms with Crippen molar-refractivity contribution in [3.63, 3.8) is 0 Å². The van der Waals surface area contributed by atoms with Crippen LogP contribution in [0.25, 0.3) is 0 Å². The van der Waals surface area contributed by atoms with Crippen molar-refractivity contribution in [2.75, 3.05) is 6.61 Å². The molecule has 2 aliphatic rings. The van der Waals surface area contributed by atoms with Gasteiger partial charge in [0.15, 0.2) is 0 Å². The molecule has 3 heteroatoms. The smallest absolute Gasteiger partial charge is 0.126 e. The number of phenols is 1. The fraction of sp³-hybridized carbons (Fsp3) is 0.333. The normalized spacial score (nSPS) is 26.2. The predicted octanol–water partition coefficient (Wildman–Crippen LogP) is 2.19. The summed E-state index contributed by atoms with van der Waals surface area (Å²) in [7, 11) is 0. The van der Waals surface area contributed by atoms with Crippen molar-refractivity contribution in [1.82, 2.24) is 0 Å². The first-order valence-corrected chi connectivity index (χ1v) is 6.23. The summed E-state index contributed by atoms with van der Waals surface area (Å²) in [4.78, 5) is 0. The van der Waals surface area contributed by atoms with Gasteiger partial charge in [-0.15, -0.1) is 0 Å². The minimum Gasteiger partial charge on any atom is -0.508 e. The highest BCUT2D eigenvalue weighted by atomic mass is 16.5. The lowest BCUT2D eigenvalue weighted by molar-refractivity contribution is 0.220. The van der Waals surface area contributed by atoms with Crippen LogP contribution in [0.2, 0.25) is 0 Å². The van der Waals surface area contributed by atoms with Gasteiger partial charge < -0.3 is 14.9 Å². The van der Waals surface area contributed by atoms with E-state index in [4.69, 9.17) is 4.74 Å². The molecule has 0 amide bonds. The van der Waals surface area contributed by atoms with Crippen LogP contribution in [0.3, 0.4) is 0 Å². The van der Waals surface area contributed by atoms with Crippen molar-refractivity contribution in [3.05, 3.63) is 47.6 Å². The Morgan fingerprint density at radius 1 is 1.28 bits per heavy atom. The molecule has 0 saturated heterocycles. The Morgan fingerprint density at radius 3 is 2.94 bits per heavy atom. The highest BCUT2D eigenvalue weighted by molar-refractivity contribution is 5.43. The van der Waals surface area contributed by atoms with Gasteiger partial charge in [0.05, 0.1) is 12.7 Å². The van der Waals surface area contributed by atoms with Crippen LogP contribution in [0, 0.1) is 5.92 Å². The molecule has 3 nitrogen and oxygen atoms in total. The Kier molecular flexibility index (Phi) is 2.84. The molecule has 0 unspecified atom stereocenters. The van der Waals surface area contributed by atoms with Gasteiger partial charge in [-0.05, 0) is 30.0 Å². The zero-order chi connectivity index (χ0) is 12.5. The fourth-order valence-corrected chi connectivity index (χ4v) is 2.50. The van der Waals surface area contributed by atoms with Gasteiger partial charge in [0.25, 0.3) is 0 Å². The second kappa shape index (κ2) is 4.50. The van der Waals surface area contributed by atoms with E-state index in [0.717, 1.165) is 17.7 Å². The number of aromatic hydroxyl groups is 1. The van der Waals surface area contributed by atoms with Crippen molar-refractivity contribution in [2.45, 2.75) is 18.9 Å². The Balaban J connectivity index is 1.79. The molecule has 18 heavy (non-hydrogen) atoms. The number of hydrogen-bond acceptors (Lipinski definition) is 3. The second-order valence-corrected chi connectivity index (χ2v) is 4.87. The third-order valence-corrected chi connectivity index (χ3v) is 3.53. The third-order valence-electron chi connectivity index (χ3n) is 3.53. The number of aliphatic hydroxyl groups is 1. The lowest BCUT2D eigenvalue weighted by atomic mass is 9.87. The van der Waals surface area contributed by atoms with Crippen molar-refractivity contribution in [1.29, 1.82) is 0 Å². The standard InChI is InChI=1S/C15H16O3/c16-13-4-1-10(2-5-13)12-7-11-3-6-14(17)8-15(11)18-9-12/h1-4,6,8,12-13,16-17H,5,7,9H2/t12-,13-/m1/s1. The third kappa shape index (κ3) is 2.14. The molecule has 0 saturated carbocycles. The van der Waals surface area contributed by atoms with Crippen molar-refractivity contribution < 1.29 is 14.9 Å². The Morgan fingerprint density at radius 2 is 2.17 bits per heavy atom. The maximum absolute atomic E-state index is 9.42. The topological polar surface area (TPSA) is 49.7 Å². The van der Waals surface area contributed by atoms with Crippen LogP contribution in [0.4, 0.5) is 0 Å². The van der Waals surface area contributed by atoms with E-state index in [2.05, 4.69) is 6.08 Å². The molecule has 0 fully saturated rings. The Labute approximate surface area is 106 Å². The summed E-state index contributed by atoms with van der Waals surface area (Å²) in [6.07, 6.45) is 7.17. The van der Waals surface area contributed by atoms with Crippen molar-refractivity contribution >= 4 is 0 Å². The van der Waals surface area contributed by atoms with Gasteiger partial charge in [0.1, 0.15) is 11.5 Å². The van der Waals surface area contributed by atoms with Crippen LogP contribution < -0.4 is 4.74 Å². The van der Waals surface area contributed by atoms with E-state index in [0.29, 0.717) is 18.9 Å². The summed E-state index contributed by atoms with van der Waals surface area (Å²) < 4.78 is 5.70. The summed E-state index contributed by atoms with van der Waals surface area (Å²) in [6, 6.07) is 5.28. The van der Waals surface area contributed by atoms with E-state index in [1.165, 1.54) is 5.57 Å². The lowest BCUT2D eigenvalue weighted by Crippen LogP contribution is -2.23. The van der Waals surface area contributed by atoms with Gasteiger partial charge in [-0.2, -0.15) is 0 Å². The fourth-order valence-electron chi connectivity index (χ4n) is 2.50. The van der Waals surface area contributed by atoms with E-state index < -0.39 is 0 Å². The van der Waals surface area contributed by atoms with E-state index in [1.54, 1.807) is 12.1 Å². The van der Waals surface area contributed by atoms with Crippen molar-refractivity contribution in [2.24, 2.45) is 5.92 Å². The Bertz CT molecular complexity index is 516. The molecule has 2 N–H and O–H groups in total. The number of rotatable bonds is 1. The van der Waals surface area contributed by atoms with Crippen LogP contribution >= 0.6 is 0 Å². The average Bonchev–Trinajstić information content (AvgIpc) is 2.39. The SMILES string of the molecule is Oc1ccc2c(c1)OC[C@H](C1=CC[C@H](O)C=C1)C2. The van der Waals surface area contributed by atoms with E-state index >= 15 is 0 Å². The van der Waals surface area contributed by atoms with Gasteiger partial charge in [0.2, 0.25) is 0 Å². The molecule has 2 atom stereocenters. The largest absolute Gasteiger partial charge is 0.508 e. The molecule has 1 heterocycles. The lowest BCUT2D eigenvalue weighted by Gasteiger charge is -2.27. The molecule has 1 aromatic carbocycles. The minimum absolute atomic E-state index is 0.243. The molecule has 1 aliphatic heterocycles. The zero-order valence-electron chi connectivity index (χ0n) is 10.0. The molecule has 1 aliphatic carbocycles. The quantitative estimate of drug-likeness (QED) is 0.796. The summed E-state index contributed by atoms with van der Waals surface area (Å²) in [5, 5.41) is 18.8. The predicted molar refractivity (Wildman–Crippen MR) is 68.6 cm³/mol. The van der Waals surface area contributed by atoms with Gasteiger partial charge in [-0.3, -0.25) is 0 Å². The zero-order valence-corrected chi connectivity index (χ0v) is 10.0. The number of ether oxygens (including phenoxy) is 1. The average molecular weight is 244 g/mol. The monoisotopic (exact) mass is 244 g/mol. The molecule has 1 aromatic rings. The Hall–Kier alpha value is -1.74. The molecule has 0 radical (unpaired) electrons. The second-order valence-electron chi connectivity index (χ2n) is 4.87. The van der Waals surface area contributed by atoms with Gasteiger partial charge >= 0.3 is 0 Å². The van der Waals surface area contributed by atoms with Crippen LogP contribution in [0.5, 0.6) is 11.5 Å². The summed E-state index contributed by atoms with van der Waals surface area (Å²) in [5.41, 5.74) is 2.36. The van der Waals surface area contributed by atoms with Gasteiger partial charge in [-0.1, -0.05) is 24.3 Å². The first-order valence-electron chi connectivity index (χ1n) is 6.23. The van der Waals surface area contributed by atoms with Gasteiger partial charge in [0, 0.05) is 12.0 Å². The summed E-state index contributed by atoms with van der Waals surface area (Å²) >= 11 is 0. The van der Waals surface area contributed by atoms with Crippen molar-refractivity contribution in [3.8, 4) is 11.5 Å². The highest BCUT2D eigenvalue weighted by Gasteiger charge is 2.23. The number of benzene rings is 1. The molecule has 0 spiro atoms. The molecule has 3 rings (SSSR count). The van der Waals surface area contributed by atoms with E-state index in [-0.39, 0.29) is 11.9 Å². The number of allylic oxidation sites excluding steroid dienone is 1. The van der Waals surface area contributed by atoms with Crippen LogP contribution in [-0.4, -0.2) is 22.9 Å². The first kappa shape index (κ1) is 11.4. The summed E-state index contributed by atoms with van der Waals surface area (Å²) in [6.45, 7) is 0.628. The maximum Gasteiger partial charge on any atom is 0.126 e. The van der Waals surface area contributed by atoms with Crippen LogP contribution in [0.15, 0.2) is 42.0 Å². The molecule has 0 aromatic heterocycles. The number of phenolic OH excluding ortho intramolecular Hbond substituents is 1. The van der Waals surface area contributed by atoms with Gasteiger partial charge in [-0.25, -0.2) is 0 Å². The number of fused-ring (bicyclic) bond motifs is 1. The minimum atomic E-state index is -0.345. The summed E-state index contributed by atoms with van der Waals surface area (Å²) in [5.74, 6) is 1.37. The number of hydrogen-bond donors (Lipinski definition) is 2. The maximum atomic E-state index is 9.42. The van der Waals surface area contributed by atoms with E-state index in [9.17, 15) is 10.2 Å². The van der Waals surface area contributed by atoms with E-state index in [1.807, 2.05) is 18.2 Å². The number of aliphatic hydroxyl groups excluding tert-OH is 1. The molecule has 94 valence electrons. The molecular weight excluding hydrogens is 228 g/mol. The molecule has 0 bridgehead atoms. The molecular formula is C15H16O3. The highest BCUT2D eigenvalue weighted by Crippen LogP contribution is 2.34. The van der Waals surface area contributed by atoms with Crippen LogP contribution in [0.1, 0.15) is 12.0 Å². The first-order chi connectivity index (χ1) is 8.72.